The molecule has 2 aromatic carbocycles. The van der Waals surface area contributed by atoms with Crippen LogP contribution in [0.15, 0.2) is 71.8 Å². The van der Waals surface area contributed by atoms with Gasteiger partial charge in [0.1, 0.15) is 17.6 Å². The number of benzene rings is 2. The summed E-state index contributed by atoms with van der Waals surface area (Å²) in [7, 11) is -4.17. The second-order valence-electron chi connectivity index (χ2n) is 8.37. The maximum absolute atomic E-state index is 13.0. The predicted octanol–water partition coefficient (Wildman–Crippen LogP) is 3.66. The van der Waals surface area contributed by atoms with Crippen LogP contribution in [0.25, 0.3) is 0 Å². The number of esters is 1. The van der Waals surface area contributed by atoms with Crippen LogP contribution in [0.5, 0.6) is 0 Å². The summed E-state index contributed by atoms with van der Waals surface area (Å²) in [5.74, 6) is -2.30. The lowest BCUT2D eigenvalue weighted by molar-refractivity contribution is 0.0277. The lowest BCUT2D eigenvalue weighted by Crippen LogP contribution is -2.30. The second kappa shape index (κ2) is 12.9. The number of halogens is 1. The van der Waals surface area contributed by atoms with Crippen molar-refractivity contribution in [1.82, 2.24) is 15.0 Å². The normalized spacial score (nSPS) is 11.2. The van der Waals surface area contributed by atoms with E-state index in [9.17, 15) is 27.2 Å². The first-order valence-corrected chi connectivity index (χ1v) is 13.5. The van der Waals surface area contributed by atoms with Crippen LogP contribution in [0.1, 0.15) is 63.5 Å². The number of carbonyl (C=O) groups excluding carboxylic acids is 3. The largest absolute Gasteiger partial charge is 0.458 e. The summed E-state index contributed by atoms with van der Waals surface area (Å²) in [5.41, 5.74) is 1.06. The maximum atomic E-state index is 13.0. The van der Waals surface area contributed by atoms with Gasteiger partial charge in [0.2, 0.25) is 0 Å². The van der Waals surface area contributed by atoms with Crippen molar-refractivity contribution < 1.29 is 31.9 Å². The van der Waals surface area contributed by atoms with Crippen LogP contribution < -0.4 is 10.0 Å². The Hall–Kier alpha value is -4.12. The summed E-state index contributed by atoms with van der Waals surface area (Å²) < 4.78 is 45.6. The molecule has 1 heterocycles. The summed E-state index contributed by atoms with van der Waals surface area (Å²) in [6, 6.07) is 13.6. The Kier molecular flexibility index (Phi) is 9.66. The minimum Gasteiger partial charge on any atom is -0.458 e. The molecule has 2 amide bonds. The van der Waals surface area contributed by atoms with E-state index in [2.05, 4.69) is 10.3 Å². The number of sulfonamides is 1. The molecule has 11 heteroatoms. The Morgan fingerprint density at radius 2 is 1.53 bits per heavy atom. The SMILES string of the molecule is CCC(CC)OC(=O)c1ccc(C(=O)NS(=O)(=O)c2ccc(CCNC(=O)c3ccc(F)cc3)cc2)cn1. The number of hydrogen-bond donors (Lipinski definition) is 2. The lowest BCUT2D eigenvalue weighted by Gasteiger charge is -2.13. The molecule has 200 valence electrons. The summed E-state index contributed by atoms with van der Waals surface area (Å²) in [5, 5.41) is 2.71. The number of aromatic nitrogens is 1. The molecule has 0 unspecified atom stereocenters. The zero-order valence-electron chi connectivity index (χ0n) is 20.9. The molecule has 38 heavy (non-hydrogen) atoms. The summed E-state index contributed by atoms with van der Waals surface area (Å²) in [4.78, 5) is 40.5. The van der Waals surface area contributed by atoms with Gasteiger partial charge < -0.3 is 10.1 Å². The number of amides is 2. The van der Waals surface area contributed by atoms with Crippen molar-refractivity contribution in [2.24, 2.45) is 0 Å². The molecule has 0 atom stereocenters. The Bertz CT molecular complexity index is 1370. The van der Waals surface area contributed by atoms with Gasteiger partial charge in [0, 0.05) is 18.3 Å². The van der Waals surface area contributed by atoms with Crippen LogP contribution in [-0.4, -0.2) is 43.8 Å². The van der Waals surface area contributed by atoms with Crippen LogP contribution in [-0.2, 0) is 21.2 Å². The van der Waals surface area contributed by atoms with E-state index in [-0.39, 0.29) is 34.7 Å². The molecule has 0 bridgehead atoms. The molecule has 3 aromatic rings. The van der Waals surface area contributed by atoms with E-state index in [0.29, 0.717) is 24.8 Å². The van der Waals surface area contributed by atoms with Crippen molar-refractivity contribution in [3.63, 3.8) is 0 Å². The van der Waals surface area contributed by atoms with Crippen LogP contribution in [0.2, 0.25) is 0 Å². The van der Waals surface area contributed by atoms with E-state index in [4.69, 9.17) is 4.74 Å². The average Bonchev–Trinajstić information content (AvgIpc) is 2.92. The highest BCUT2D eigenvalue weighted by Crippen LogP contribution is 2.13. The molecule has 1 aromatic heterocycles. The maximum Gasteiger partial charge on any atom is 0.357 e. The standard InChI is InChI=1S/C27H28FN3O6S/c1-3-22(4-2)37-27(34)24-14-9-20(17-30-24)26(33)31-38(35,36)23-12-5-18(6-13-23)15-16-29-25(32)19-7-10-21(28)11-8-19/h5-14,17,22H,3-4,15-16H2,1-2H3,(H,29,32)(H,31,33). The van der Waals surface area contributed by atoms with Crippen LogP contribution >= 0.6 is 0 Å². The van der Waals surface area contributed by atoms with Gasteiger partial charge >= 0.3 is 5.97 Å². The van der Waals surface area contributed by atoms with Crippen LogP contribution in [0.4, 0.5) is 4.39 Å². The zero-order chi connectivity index (χ0) is 27.7. The van der Waals surface area contributed by atoms with Gasteiger partial charge in [-0.2, -0.15) is 0 Å². The number of ether oxygens (including phenoxy) is 1. The van der Waals surface area contributed by atoms with E-state index in [1.54, 1.807) is 12.1 Å². The first kappa shape index (κ1) is 28.5. The summed E-state index contributed by atoms with van der Waals surface area (Å²) in [6.45, 7) is 4.08. The van der Waals surface area contributed by atoms with E-state index in [0.717, 1.165) is 11.8 Å². The smallest absolute Gasteiger partial charge is 0.357 e. The lowest BCUT2D eigenvalue weighted by atomic mass is 10.1. The Morgan fingerprint density at radius 1 is 0.895 bits per heavy atom. The Labute approximate surface area is 220 Å². The number of carbonyl (C=O) groups is 3. The third kappa shape index (κ3) is 7.69. The number of nitrogens with zero attached hydrogens (tertiary/aromatic N) is 1. The van der Waals surface area contributed by atoms with Crippen LogP contribution in [0.3, 0.4) is 0 Å². The molecular weight excluding hydrogens is 513 g/mol. The molecule has 0 aliphatic heterocycles. The fourth-order valence-electron chi connectivity index (χ4n) is 3.41. The minimum atomic E-state index is -4.17. The van der Waals surface area contributed by atoms with Gasteiger partial charge in [0.15, 0.2) is 0 Å². The predicted molar refractivity (Wildman–Crippen MR) is 138 cm³/mol. The van der Waals surface area contributed by atoms with Crippen molar-refractivity contribution in [3.05, 3.63) is 95.1 Å². The molecule has 0 aliphatic rings. The quantitative estimate of drug-likeness (QED) is 0.354. The zero-order valence-corrected chi connectivity index (χ0v) is 21.8. The minimum absolute atomic E-state index is 0.0146. The van der Waals surface area contributed by atoms with E-state index in [1.165, 1.54) is 48.5 Å². The van der Waals surface area contributed by atoms with Crippen molar-refractivity contribution in [1.29, 1.82) is 0 Å². The highest BCUT2D eigenvalue weighted by molar-refractivity contribution is 7.90. The van der Waals surface area contributed by atoms with Crippen molar-refractivity contribution in [2.75, 3.05) is 6.54 Å². The average molecular weight is 542 g/mol. The van der Waals surface area contributed by atoms with E-state index < -0.39 is 27.7 Å². The molecule has 0 saturated carbocycles. The Morgan fingerprint density at radius 3 is 2.11 bits per heavy atom. The number of nitrogens with one attached hydrogen (secondary N) is 2. The summed E-state index contributed by atoms with van der Waals surface area (Å²) >= 11 is 0. The fourth-order valence-corrected chi connectivity index (χ4v) is 4.39. The molecule has 0 aliphatic carbocycles. The van der Waals surface area contributed by atoms with Gasteiger partial charge in [-0.3, -0.25) is 9.59 Å². The number of pyridine rings is 1. The second-order valence-corrected chi connectivity index (χ2v) is 10.0. The van der Waals surface area contributed by atoms with Gasteiger partial charge in [-0.05, 0) is 73.4 Å². The first-order valence-electron chi connectivity index (χ1n) is 12.0. The molecule has 0 radical (unpaired) electrons. The number of rotatable bonds is 11. The molecule has 3 rings (SSSR count). The first-order chi connectivity index (χ1) is 18.1. The van der Waals surface area contributed by atoms with Gasteiger partial charge in [-0.25, -0.2) is 27.3 Å². The Balaban J connectivity index is 1.54. The monoisotopic (exact) mass is 541 g/mol. The van der Waals surface area contributed by atoms with Crippen molar-refractivity contribution in [3.8, 4) is 0 Å². The van der Waals surface area contributed by atoms with Gasteiger partial charge in [-0.15, -0.1) is 0 Å². The third-order valence-corrected chi connectivity index (χ3v) is 7.03. The highest BCUT2D eigenvalue weighted by atomic mass is 32.2. The number of hydrogen-bond acceptors (Lipinski definition) is 7. The highest BCUT2D eigenvalue weighted by Gasteiger charge is 2.20. The molecule has 9 nitrogen and oxygen atoms in total. The van der Waals surface area contributed by atoms with Crippen LogP contribution in [0, 0.1) is 5.82 Å². The topological polar surface area (TPSA) is 132 Å². The van der Waals surface area contributed by atoms with E-state index >= 15 is 0 Å². The molecule has 0 spiro atoms. The molecular formula is C27H28FN3O6S. The van der Waals surface area contributed by atoms with Gasteiger partial charge in [-0.1, -0.05) is 26.0 Å². The molecule has 0 fully saturated rings. The summed E-state index contributed by atoms with van der Waals surface area (Å²) in [6.07, 6.45) is 2.63. The third-order valence-electron chi connectivity index (χ3n) is 5.69. The fraction of sp³-hybridized carbons (Fsp3) is 0.259. The van der Waals surface area contributed by atoms with Crippen molar-refractivity contribution in [2.45, 2.75) is 44.1 Å². The molecule has 2 N–H and O–H groups in total. The van der Waals surface area contributed by atoms with Gasteiger partial charge in [0.25, 0.3) is 21.8 Å². The van der Waals surface area contributed by atoms with Crippen molar-refractivity contribution >= 4 is 27.8 Å². The van der Waals surface area contributed by atoms with E-state index in [1.807, 2.05) is 18.6 Å². The molecule has 0 saturated heterocycles. The van der Waals surface area contributed by atoms with Gasteiger partial charge in [0.05, 0.1) is 10.5 Å².